The standard InChI is InChI=1S/C15H11NO5S/c17-15(18)13-11-8-4-5-9-12(11)21-14(13)16-22(19,20)10-6-2-1-3-7-10/h1-9,16H,(H,17,18). The Morgan fingerprint density at radius 2 is 1.64 bits per heavy atom. The minimum atomic E-state index is -3.92. The van der Waals surface area contributed by atoms with Crippen LogP contribution < -0.4 is 4.72 Å². The summed E-state index contributed by atoms with van der Waals surface area (Å²) in [7, 11) is -3.92. The minimum Gasteiger partial charge on any atom is -0.477 e. The second-order valence-electron chi connectivity index (χ2n) is 4.53. The first kappa shape index (κ1) is 14.2. The van der Waals surface area contributed by atoms with Crippen LogP contribution in [0.2, 0.25) is 0 Å². The number of aromatic carboxylic acids is 1. The van der Waals surface area contributed by atoms with Gasteiger partial charge in [0.05, 0.1) is 4.90 Å². The molecule has 7 heteroatoms. The van der Waals surface area contributed by atoms with Gasteiger partial charge in [-0.2, -0.15) is 0 Å². The van der Waals surface area contributed by atoms with E-state index >= 15 is 0 Å². The van der Waals surface area contributed by atoms with Crippen LogP contribution in [0.1, 0.15) is 10.4 Å². The molecule has 0 amide bonds. The molecule has 0 unspecified atom stereocenters. The summed E-state index contributed by atoms with van der Waals surface area (Å²) in [6.07, 6.45) is 0. The highest BCUT2D eigenvalue weighted by Gasteiger charge is 2.24. The maximum Gasteiger partial charge on any atom is 0.341 e. The van der Waals surface area contributed by atoms with Crippen LogP contribution in [0.25, 0.3) is 11.0 Å². The Balaban J connectivity index is 2.12. The summed E-state index contributed by atoms with van der Waals surface area (Å²) >= 11 is 0. The fraction of sp³-hybridized carbons (Fsp3) is 0. The zero-order valence-electron chi connectivity index (χ0n) is 11.2. The third-order valence-electron chi connectivity index (χ3n) is 3.09. The van der Waals surface area contributed by atoms with Gasteiger partial charge >= 0.3 is 5.97 Å². The number of para-hydroxylation sites is 1. The molecule has 6 nitrogen and oxygen atoms in total. The van der Waals surface area contributed by atoms with Gasteiger partial charge in [0.15, 0.2) is 0 Å². The number of fused-ring (bicyclic) bond motifs is 1. The van der Waals surface area contributed by atoms with Gasteiger partial charge in [0.25, 0.3) is 10.0 Å². The van der Waals surface area contributed by atoms with Gasteiger partial charge in [-0.1, -0.05) is 36.4 Å². The lowest BCUT2D eigenvalue weighted by atomic mass is 10.2. The second kappa shape index (κ2) is 5.19. The minimum absolute atomic E-state index is 0.0202. The van der Waals surface area contributed by atoms with Crippen molar-refractivity contribution in [2.24, 2.45) is 0 Å². The number of carbonyl (C=O) groups is 1. The highest BCUT2D eigenvalue weighted by atomic mass is 32.2. The molecule has 0 radical (unpaired) electrons. The lowest BCUT2D eigenvalue weighted by Crippen LogP contribution is -2.14. The predicted molar refractivity (Wildman–Crippen MR) is 80.4 cm³/mol. The molecule has 3 aromatic rings. The van der Waals surface area contributed by atoms with Crippen molar-refractivity contribution in [3.63, 3.8) is 0 Å². The molecule has 0 aliphatic rings. The first-order valence-corrected chi connectivity index (χ1v) is 7.80. The first-order valence-electron chi connectivity index (χ1n) is 6.32. The molecule has 1 aromatic heterocycles. The van der Waals surface area contributed by atoms with Crippen LogP contribution in [0.3, 0.4) is 0 Å². The molecule has 0 fully saturated rings. The Kier molecular flexibility index (Phi) is 3.34. The Hall–Kier alpha value is -2.80. The average Bonchev–Trinajstić information content (AvgIpc) is 2.85. The summed E-state index contributed by atoms with van der Waals surface area (Å²) in [6, 6.07) is 14.1. The average molecular weight is 317 g/mol. The molecular formula is C15H11NO5S. The molecule has 1 heterocycles. The van der Waals surface area contributed by atoms with Crippen molar-refractivity contribution in [2.45, 2.75) is 4.90 Å². The number of furan rings is 1. The highest BCUT2D eigenvalue weighted by Crippen LogP contribution is 2.31. The second-order valence-corrected chi connectivity index (χ2v) is 6.21. The van der Waals surface area contributed by atoms with E-state index in [4.69, 9.17) is 4.42 Å². The summed E-state index contributed by atoms with van der Waals surface area (Å²) in [5.41, 5.74) is 0.0840. The molecule has 0 bridgehead atoms. The van der Waals surface area contributed by atoms with Crippen LogP contribution in [0.4, 0.5) is 5.88 Å². The van der Waals surface area contributed by atoms with Crippen molar-refractivity contribution in [2.75, 3.05) is 4.72 Å². The van der Waals surface area contributed by atoms with Gasteiger partial charge in [-0.05, 0) is 18.2 Å². The van der Waals surface area contributed by atoms with E-state index in [0.717, 1.165) is 0 Å². The molecule has 3 rings (SSSR count). The van der Waals surface area contributed by atoms with Crippen LogP contribution in [0.15, 0.2) is 63.9 Å². The number of hydrogen-bond acceptors (Lipinski definition) is 4. The Labute approximate surface area is 126 Å². The summed E-state index contributed by atoms with van der Waals surface area (Å²) in [5.74, 6) is -1.58. The van der Waals surface area contributed by atoms with E-state index in [2.05, 4.69) is 4.72 Å². The monoisotopic (exact) mass is 317 g/mol. The largest absolute Gasteiger partial charge is 0.477 e. The number of anilines is 1. The van der Waals surface area contributed by atoms with E-state index in [9.17, 15) is 18.3 Å². The normalized spacial score (nSPS) is 11.5. The zero-order valence-corrected chi connectivity index (χ0v) is 12.0. The van der Waals surface area contributed by atoms with Gasteiger partial charge in [-0.25, -0.2) is 17.9 Å². The summed E-state index contributed by atoms with van der Waals surface area (Å²) in [4.78, 5) is 11.4. The fourth-order valence-electron chi connectivity index (χ4n) is 2.11. The fourth-order valence-corrected chi connectivity index (χ4v) is 3.13. The van der Waals surface area contributed by atoms with Gasteiger partial charge in [0, 0.05) is 5.39 Å². The number of carboxylic acids is 1. The molecular weight excluding hydrogens is 306 g/mol. The smallest absolute Gasteiger partial charge is 0.341 e. The van der Waals surface area contributed by atoms with Gasteiger partial charge in [-0.3, -0.25) is 0 Å². The van der Waals surface area contributed by atoms with E-state index in [1.807, 2.05) is 0 Å². The first-order chi connectivity index (χ1) is 10.5. The molecule has 0 aliphatic heterocycles. The van der Waals surface area contributed by atoms with E-state index in [1.165, 1.54) is 12.1 Å². The maximum atomic E-state index is 12.3. The number of rotatable bonds is 4. The topological polar surface area (TPSA) is 96.6 Å². The molecule has 0 saturated heterocycles. The third kappa shape index (κ3) is 2.42. The quantitative estimate of drug-likeness (QED) is 0.771. The summed E-state index contributed by atoms with van der Waals surface area (Å²) < 4.78 is 32.1. The van der Waals surface area contributed by atoms with Crippen molar-refractivity contribution in [3.8, 4) is 0 Å². The molecule has 2 aromatic carbocycles. The maximum absolute atomic E-state index is 12.3. The van der Waals surface area contributed by atoms with E-state index in [1.54, 1.807) is 42.5 Å². The third-order valence-corrected chi connectivity index (χ3v) is 4.44. The van der Waals surface area contributed by atoms with Gasteiger partial charge in [-0.15, -0.1) is 0 Å². The molecule has 0 saturated carbocycles. The van der Waals surface area contributed by atoms with Gasteiger partial charge < -0.3 is 9.52 Å². The Morgan fingerprint density at radius 3 is 2.32 bits per heavy atom. The lowest BCUT2D eigenvalue weighted by Gasteiger charge is -2.05. The Bertz CT molecular complexity index is 944. The van der Waals surface area contributed by atoms with Crippen LogP contribution >= 0.6 is 0 Å². The SMILES string of the molecule is O=C(O)c1c(NS(=O)(=O)c2ccccc2)oc2ccccc12. The van der Waals surface area contributed by atoms with E-state index in [-0.39, 0.29) is 16.3 Å². The summed E-state index contributed by atoms with van der Waals surface area (Å²) in [5, 5.41) is 9.66. The summed E-state index contributed by atoms with van der Waals surface area (Å²) in [6.45, 7) is 0. The predicted octanol–water partition coefficient (Wildman–Crippen LogP) is 2.93. The number of benzene rings is 2. The van der Waals surface area contributed by atoms with E-state index in [0.29, 0.717) is 11.0 Å². The van der Waals surface area contributed by atoms with Crippen molar-refractivity contribution in [3.05, 3.63) is 60.2 Å². The zero-order chi connectivity index (χ0) is 15.7. The van der Waals surface area contributed by atoms with Crippen LogP contribution in [-0.4, -0.2) is 19.5 Å². The van der Waals surface area contributed by atoms with Crippen molar-refractivity contribution >= 4 is 32.8 Å². The van der Waals surface area contributed by atoms with Crippen LogP contribution in [-0.2, 0) is 10.0 Å². The molecule has 112 valence electrons. The number of hydrogen-bond donors (Lipinski definition) is 2. The lowest BCUT2D eigenvalue weighted by molar-refractivity contribution is 0.0699. The van der Waals surface area contributed by atoms with Crippen molar-refractivity contribution in [1.29, 1.82) is 0 Å². The highest BCUT2D eigenvalue weighted by molar-refractivity contribution is 7.92. The number of carboxylic acid groups (broad SMARTS) is 1. The van der Waals surface area contributed by atoms with Gasteiger partial charge in [0.1, 0.15) is 11.1 Å². The van der Waals surface area contributed by atoms with Crippen LogP contribution in [0, 0.1) is 0 Å². The molecule has 0 aliphatic carbocycles. The molecule has 22 heavy (non-hydrogen) atoms. The van der Waals surface area contributed by atoms with E-state index < -0.39 is 16.0 Å². The molecule has 2 N–H and O–H groups in total. The molecule has 0 atom stereocenters. The van der Waals surface area contributed by atoms with Crippen molar-refractivity contribution in [1.82, 2.24) is 0 Å². The molecule has 0 spiro atoms. The van der Waals surface area contributed by atoms with Gasteiger partial charge in [0.2, 0.25) is 5.88 Å². The number of nitrogens with one attached hydrogen (secondary N) is 1. The Morgan fingerprint density at radius 1 is 1.00 bits per heavy atom. The van der Waals surface area contributed by atoms with Crippen molar-refractivity contribution < 1.29 is 22.7 Å². The number of sulfonamides is 1. The van der Waals surface area contributed by atoms with Crippen LogP contribution in [0.5, 0.6) is 0 Å².